The van der Waals surface area contributed by atoms with E-state index in [0.29, 0.717) is 0 Å². The molecule has 0 saturated heterocycles. The van der Waals surface area contributed by atoms with E-state index in [-0.39, 0.29) is 28.7 Å². The summed E-state index contributed by atoms with van der Waals surface area (Å²) < 4.78 is 27.3. The molecule has 0 spiro atoms. The molecule has 12 heteroatoms. The minimum Gasteiger partial charge on any atom is -0.353 e. The van der Waals surface area contributed by atoms with E-state index in [9.17, 15) is 28.1 Å². The number of benzene rings is 1. The molecule has 2 N–H and O–H groups in total. The predicted octanol–water partition coefficient (Wildman–Crippen LogP) is 0.505. The fraction of sp³-hybridized carbons (Fsp3) is 0.200. The first-order valence-electron chi connectivity index (χ1n) is 7.56. The number of nitrogens with one attached hydrogen (secondary N) is 2. The molecule has 0 fully saturated rings. The number of amides is 1. The van der Waals surface area contributed by atoms with Crippen LogP contribution in [0.3, 0.4) is 0 Å². The Hall–Kier alpha value is -2.76. The lowest BCUT2D eigenvalue weighted by atomic mass is 10.4. The zero-order valence-corrected chi connectivity index (χ0v) is 15.4. The van der Waals surface area contributed by atoms with Gasteiger partial charge >= 0.3 is 0 Å². The van der Waals surface area contributed by atoms with Gasteiger partial charge in [0.1, 0.15) is 6.54 Å². The molecule has 0 bridgehead atoms. The summed E-state index contributed by atoms with van der Waals surface area (Å²) in [6.07, 6.45) is 0.962. The molecule has 0 radical (unpaired) electrons. The maximum absolute atomic E-state index is 12.1. The summed E-state index contributed by atoms with van der Waals surface area (Å²) in [5, 5.41) is 13.4. The van der Waals surface area contributed by atoms with Crippen LogP contribution in [0.2, 0.25) is 5.02 Å². The van der Waals surface area contributed by atoms with Crippen molar-refractivity contribution >= 4 is 33.2 Å². The van der Waals surface area contributed by atoms with Gasteiger partial charge in [0.2, 0.25) is 15.9 Å². The Balaban J connectivity index is 1.87. The first-order valence-corrected chi connectivity index (χ1v) is 9.42. The Morgan fingerprint density at radius 2 is 1.96 bits per heavy atom. The molecule has 0 atom stereocenters. The molecule has 0 aliphatic rings. The Kier molecular flexibility index (Phi) is 6.66. The molecule has 1 amide bonds. The summed E-state index contributed by atoms with van der Waals surface area (Å²) in [5.74, 6) is -0.598. The number of hydrogen-bond acceptors (Lipinski definition) is 6. The molecule has 2 aromatic rings. The molecule has 1 aromatic heterocycles. The third-order valence-corrected chi connectivity index (χ3v) is 5.03. The fourth-order valence-corrected chi connectivity index (χ4v) is 3.40. The topological polar surface area (TPSA) is 140 Å². The van der Waals surface area contributed by atoms with Crippen molar-refractivity contribution in [2.45, 2.75) is 11.4 Å². The zero-order valence-electron chi connectivity index (χ0n) is 13.8. The molecule has 0 unspecified atom stereocenters. The maximum Gasteiger partial charge on any atom is 0.285 e. The lowest BCUT2D eigenvalue weighted by Gasteiger charge is -2.09. The van der Waals surface area contributed by atoms with Crippen LogP contribution in [0.1, 0.15) is 0 Å². The van der Waals surface area contributed by atoms with E-state index in [0.717, 1.165) is 22.9 Å². The van der Waals surface area contributed by atoms with Gasteiger partial charge in [-0.1, -0.05) is 17.7 Å². The van der Waals surface area contributed by atoms with Gasteiger partial charge in [-0.3, -0.25) is 24.3 Å². The Morgan fingerprint density at radius 3 is 2.63 bits per heavy atom. The molecular weight excluding hydrogens is 400 g/mol. The highest BCUT2D eigenvalue weighted by molar-refractivity contribution is 7.89. The van der Waals surface area contributed by atoms with Crippen LogP contribution in [0.25, 0.3) is 0 Å². The zero-order chi connectivity index (χ0) is 20.0. The van der Waals surface area contributed by atoms with E-state index in [1.807, 2.05) is 0 Å². The Bertz CT molecular complexity index is 1020. The van der Waals surface area contributed by atoms with Gasteiger partial charge in [-0.25, -0.2) is 13.1 Å². The lowest BCUT2D eigenvalue weighted by Crippen LogP contribution is -2.37. The predicted molar refractivity (Wildman–Crippen MR) is 97.0 cm³/mol. The van der Waals surface area contributed by atoms with Crippen LogP contribution in [-0.2, 0) is 21.4 Å². The number of aromatic nitrogens is 1. The number of carbonyl (C=O) groups excluding carboxylic acids is 1. The second kappa shape index (κ2) is 8.75. The van der Waals surface area contributed by atoms with E-state index >= 15 is 0 Å². The van der Waals surface area contributed by atoms with Gasteiger partial charge in [0.25, 0.3) is 11.2 Å². The number of halogens is 1. The second-order valence-corrected chi connectivity index (χ2v) is 7.52. The quantitative estimate of drug-likeness (QED) is 0.366. The summed E-state index contributed by atoms with van der Waals surface area (Å²) in [5.41, 5.74) is -0.894. The molecule has 10 nitrogen and oxygen atoms in total. The van der Waals surface area contributed by atoms with Crippen LogP contribution < -0.4 is 15.6 Å². The molecule has 0 saturated carbocycles. The van der Waals surface area contributed by atoms with Gasteiger partial charge < -0.3 is 5.32 Å². The summed E-state index contributed by atoms with van der Waals surface area (Å²) in [6.45, 7) is -0.561. The molecular formula is C15H15ClN4O6S. The number of nitro groups is 1. The highest BCUT2D eigenvalue weighted by Crippen LogP contribution is 2.14. The Morgan fingerprint density at radius 1 is 1.22 bits per heavy atom. The van der Waals surface area contributed by atoms with Gasteiger partial charge in [-0.05, 0) is 18.2 Å². The molecule has 27 heavy (non-hydrogen) atoms. The fourth-order valence-electron chi connectivity index (χ4n) is 2.07. The molecule has 2 rings (SSSR count). The van der Waals surface area contributed by atoms with Gasteiger partial charge in [0.05, 0.1) is 16.0 Å². The van der Waals surface area contributed by atoms with Gasteiger partial charge in [-0.15, -0.1) is 0 Å². The van der Waals surface area contributed by atoms with Crippen molar-refractivity contribution in [2.24, 2.45) is 0 Å². The van der Waals surface area contributed by atoms with Gasteiger partial charge in [-0.2, -0.15) is 0 Å². The first kappa shape index (κ1) is 20.6. The SMILES string of the molecule is O=C(Cn1cc([N+](=O)[O-])ccc1=O)NCCNS(=O)(=O)c1cccc(Cl)c1. The van der Waals surface area contributed by atoms with E-state index in [4.69, 9.17) is 11.6 Å². The average Bonchev–Trinajstić information content (AvgIpc) is 2.60. The molecule has 1 heterocycles. The highest BCUT2D eigenvalue weighted by Gasteiger charge is 2.14. The van der Waals surface area contributed by atoms with Crippen molar-refractivity contribution in [1.29, 1.82) is 0 Å². The van der Waals surface area contributed by atoms with Gasteiger partial charge in [0, 0.05) is 30.2 Å². The van der Waals surface area contributed by atoms with Crippen LogP contribution in [-0.4, -0.2) is 36.9 Å². The summed E-state index contributed by atoms with van der Waals surface area (Å²) in [4.78, 5) is 33.5. The number of carbonyl (C=O) groups is 1. The number of sulfonamides is 1. The van der Waals surface area contributed by atoms with Crippen LogP contribution in [0.5, 0.6) is 0 Å². The number of pyridine rings is 1. The minimum atomic E-state index is -3.78. The normalized spacial score (nSPS) is 11.1. The lowest BCUT2D eigenvalue weighted by molar-refractivity contribution is -0.385. The number of rotatable bonds is 8. The number of nitrogens with zero attached hydrogens (tertiary/aromatic N) is 2. The Labute approximate surface area is 159 Å². The largest absolute Gasteiger partial charge is 0.353 e. The average molecular weight is 415 g/mol. The molecule has 0 aliphatic heterocycles. The van der Waals surface area contributed by atoms with Crippen molar-refractivity contribution in [3.8, 4) is 0 Å². The molecule has 0 aliphatic carbocycles. The van der Waals surface area contributed by atoms with Crippen molar-refractivity contribution in [1.82, 2.24) is 14.6 Å². The smallest absolute Gasteiger partial charge is 0.285 e. The summed E-state index contributed by atoms with van der Waals surface area (Å²) in [6, 6.07) is 7.73. The minimum absolute atomic E-state index is 0.00975. The third-order valence-electron chi connectivity index (χ3n) is 3.34. The van der Waals surface area contributed by atoms with Gasteiger partial charge in [0.15, 0.2) is 0 Å². The second-order valence-electron chi connectivity index (χ2n) is 5.32. The van der Waals surface area contributed by atoms with Crippen molar-refractivity contribution in [3.63, 3.8) is 0 Å². The van der Waals surface area contributed by atoms with E-state index < -0.39 is 33.0 Å². The van der Waals surface area contributed by atoms with Crippen LogP contribution in [0.4, 0.5) is 5.69 Å². The first-order chi connectivity index (χ1) is 12.7. The summed E-state index contributed by atoms with van der Waals surface area (Å²) >= 11 is 5.76. The van der Waals surface area contributed by atoms with Crippen LogP contribution >= 0.6 is 11.6 Å². The van der Waals surface area contributed by atoms with Crippen LogP contribution in [0.15, 0.2) is 52.3 Å². The standard InChI is InChI=1S/C15H15ClN4O6S/c16-11-2-1-3-13(8-11)27(25,26)18-7-6-17-14(21)10-19-9-12(20(23)24)4-5-15(19)22/h1-5,8-9,18H,6-7,10H2,(H,17,21). The van der Waals surface area contributed by atoms with Crippen LogP contribution in [0, 0.1) is 10.1 Å². The maximum atomic E-state index is 12.1. The van der Waals surface area contributed by atoms with E-state index in [1.165, 1.54) is 24.3 Å². The summed E-state index contributed by atoms with van der Waals surface area (Å²) in [7, 11) is -3.78. The van der Waals surface area contributed by atoms with Crippen molar-refractivity contribution < 1.29 is 18.1 Å². The molecule has 1 aromatic carbocycles. The van der Waals surface area contributed by atoms with Crippen molar-refractivity contribution in [2.75, 3.05) is 13.1 Å². The van der Waals surface area contributed by atoms with E-state index in [2.05, 4.69) is 10.0 Å². The number of hydrogen-bond donors (Lipinski definition) is 2. The van der Waals surface area contributed by atoms with E-state index in [1.54, 1.807) is 0 Å². The highest BCUT2D eigenvalue weighted by atomic mass is 35.5. The monoisotopic (exact) mass is 414 g/mol. The molecule has 144 valence electrons. The third kappa shape index (κ3) is 5.88. The van der Waals surface area contributed by atoms with Crippen molar-refractivity contribution in [3.05, 3.63) is 68.1 Å².